The van der Waals surface area contributed by atoms with E-state index in [0.717, 1.165) is 5.56 Å². The SMILES string of the molecule is C/C=C\c1cc(C)ccc1SC(F)(F)F. The second-order valence-corrected chi connectivity index (χ2v) is 4.20. The Morgan fingerprint density at radius 3 is 2.47 bits per heavy atom. The zero-order valence-electron chi connectivity index (χ0n) is 8.43. The van der Waals surface area contributed by atoms with Gasteiger partial charge in [-0.15, -0.1) is 0 Å². The Labute approximate surface area is 91.2 Å². The van der Waals surface area contributed by atoms with Crippen LogP contribution in [0.4, 0.5) is 13.2 Å². The van der Waals surface area contributed by atoms with Crippen LogP contribution < -0.4 is 0 Å². The molecule has 0 saturated carbocycles. The van der Waals surface area contributed by atoms with Gasteiger partial charge in [-0.1, -0.05) is 29.8 Å². The van der Waals surface area contributed by atoms with Crippen LogP contribution >= 0.6 is 11.8 Å². The molecule has 0 heterocycles. The van der Waals surface area contributed by atoms with Crippen LogP contribution in [0.25, 0.3) is 6.08 Å². The van der Waals surface area contributed by atoms with Gasteiger partial charge in [0, 0.05) is 4.90 Å². The lowest BCUT2D eigenvalue weighted by Gasteiger charge is -2.09. The number of aryl methyl sites for hydroxylation is 1. The zero-order chi connectivity index (χ0) is 11.5. The fourth-order valence-electron chi connectivity index (χ4n) is 1.20. The highest BCUT2D eigenvalue weighted by atomic mass is 32.2. The summed E-state index contributed by atoms with van der Waals surface area (Å²) in [5.41, 5.74) is -2.67. The second kappa shape index (κ2) is 4.75. The first kappa shape index (κ1) is 12.2. The minimum atomic E-state index is -4.23. The van der Waals surface area contributed by atoms with Crippen molar-refractivity contribution >= 4 is 17.8 Å². The van der Waals surface area contributed by atoms with E-state index in [0.29, 0.717) is 5.56 Å². The molecule has 1 aromatic rings. The second-order valence-electron chi connectivity index (χ2n) is 3.09. The fraction of sp³-hybridized carbons (Fsp3) is 0.273. The van der Waals surface area contributed by atoms with Gasteiger partial charge in [-0.05, 0) is 37.2 Å². The Morgan fingerprint density at radius 2 is 1.93 bits per heavy atom. The largest absolute Gasteiger partial charge is 0.446 e. The topological polar surface area (TPSA) is 0 Å². The molecule has 0 bridgehead atoms. The fourth-order valence-corrected chi connectivity index (χ4v) is 1.83. The molecule has 82 valence electrons. The number of benzene rings is 1. The van der Waals surface area contributed by atoms with Crippen molar-refractivity contribution < 1.29 is 13.2 Å². The molecule has 0 nitrogen and oxygen atoms in total. The molecule has 0 unspecified atom stereocenters. The Balaban J connectivity index is 3.06. The number of thioether (sulfide) groups is 1. The molecular weight excluding hydrogens is 221 g/mol. The van der Waals surface area contributed by atoms with Gasteiger partial charge in [-0.2, -0.15) is 13.2 Å². The van der Waals surface area contributed by atoms with Gasteiger partial charge in [0.25, 0.3) is 0 Å². The van der Waals surface area contributed by atoms with Crippen molar-refractivity contribution in [2.75, 3.05) is 0 Å². The van der Waals surface area contributed by atoms with Crippen molar-refractivity contribution in [3.8, 4) is 0 Å². The lowest BCUT2D eigenvalue weighted by atomic mass is 10.1. The van der Waals surface area contributed by atoms with E-state index < -0.39 is 5.51 Å². The predicted molar refractivity (Wildman–Crippen MR) is 57.8 cm³/mol. The van der Waals surface area contributed by atoms with Crippen LogP contribution in [0.15, 0.2) is 29.2 Å². The molecule has 0 saturated heterocycles. The van der Waals surface area contributed by atoms with Gasteiger partial charge in [-0.3, -0.25) is 0 Å². The molecular formula is C11H11F3S. The summed E-state index contributed by atoms with van der Waals surface area (Å²) < 4.78 is 36.6. The number of halogens is 3. The Bertz CT molecular complexity index is 367. The molecule has 0 N–H and O–H groups in total. The van der Waals surface area contributed by atoms with Gasteiger partial charge >= 0.3 is 5.51 Å². The molecule has 0 radical (unpaired) electrons. The molecule has 0 aliphatic heterocycles. The van der Waals surface area contributed by atoms with Crippen LogP contribution in [0, 0.1) is 6.92 Å². The van der Waals surface area contributed by atoms with Gasteiger partial charge in [0.05, 0.1) is 0 Å². The van der Waals surface area contributed by atoms with Crippen LogP contribution in [0.3, 0.4) is 0 Å². The summed E-state index contributed by atoms with van der Waals surface area (Å²) in [6.07, 6.45) is 3.41. The third-order valence-corrected chi connectivity index (χ3v) is 2.56. The smallest absolute Gasteiger partial charge is 0.160 e. The summed E-state index contributed by atoms with van der Waals surface area (Å²) in [5, 5.41) is 0. The van der Waals surface area contributed by atoms with E-state index >= 15 is 0 Å². The highest BCUT2D eigenvalue weighted by molar-refractivity contribution is 8.00. The van der Waals surface area contributed by atoms with Gasteiger partial charge in [0.1, 0.15) is 0 Å². The number of hydrogen-bond acceptors (Lipinski definition) is 1. The molecule has 0 aliphatic carbocycles. The maximum atomic E-state index is 12.2. The first-order valence-corrected chi connectivity index (χ1v) is 5.23. The maximum Gasteiger partial charge on any atom is 0.446 e. The third kappa shape index (κ3) is 4.00. The molecule has 0 amide bonds. The number of rotatable bonds is 2. The van der Waals surface area contributed by atoms with E-state index in [1.165, 1.54) is 6.07 Å². The molecule has 0 atom stereocenters. The number of hydrogen-bond donors (Lipinski definition) is 0. The number of alkyl halides is 3. The first-order chi connectivity index (χ1) is 6.92. The summed E-state index contributed by atoms with van der Waals surface area (Å²) in [5.74, 6) is 0. The summed E-state index contributed by atoms with van der Waals surface area (Å²) in [7, 11) is 0. The van der Waals surface area contributed by atoms with E-state index in [-0.39, 0.29) is 16.7 Å². The van der Waals surface area contributed by atoms with Gasteiger partial charge in [0.2, 0.25) is 0 Å². The summed E-state index contributed by atoms with van der Waals surface area (Å²) in [6, 6.07) is 4.93. The summed E-state index contributed by atoms with van der Waals surface area (Å²) >= 11 is -0.0752. The van der Waals surface area contributed by atoms with Crippen LogP contribution in [0.2, 0.25) is 0 Å². The van der Waals surface area contributed by atoms with Crippen molar-refractivity contribution in [2.45, 2.75) is 24.3 Å². The quantitative estimate of drug-likeness (QED) is 0.669. The Hall–Kier alpha value is -0.900. The first-order valence-electron chi connectivity index (χ1n) is 4.41. The van der Waals surface area contributed by atoms with E-state index in [1.807, 2.05) is 6.92 Å². The highest BCUT2D eigenvalue weighted by Crippen LogP contribution is 2.39. The van der Waals surface area contributed by atoms with Crippen molar-refractivity contribution in [3.05, 3.63) is 35.4 Å². The molecule has 15 heavy (non-hydrogen) atoms. The molecule has 1 rings (SSSR count). The molecule has 0 fully saturated rings. The molecule has 0 spiro atoms. The van der Waals surface area contributed by atoms with Crippen LogP contribution in [0.1, 0.15) is 18.1 Å². The third-order valence-electron chi connectivity index (χ3n) is 1.74. The van der Waals surface area contributed by atoms with E-state index in [1.54, 1.807) is 31.2 Å². The summed E-state index contributed by atoms with van der Waals surface area (Å²) in [4.78, 5) is 0.242. The Kier molecular flexibility index (Phi) is 3.85. The van der Waals surface area contributed by atoms with Gasteiger partial charge in [-0.25, -0.2) is 0 Å². The van der Waals surface area contributed by atoms with Crippen molar-refractivity contribution in [1.82, 2.24) is 0 Å². The highest BCUT2D eigenvalue weighted by Gasteiger charge is 2.29. The zero-order valence-corrected chi connectivity index (χ0v) is 9.25. The van der Waals surface area contributed by atoms with Gasteiger partial charge < -0.3 is 0 Å². The Morgan fingerprint density at radius 1 is 1.27 bits per heavy atom. The standard InChI is InChI=1S/C11H11F3S/c1-3-4-9-7-8(2)5-6-10(9)15-11(12,13)14/h3-7H,1-2H3/b4-3-. The lowest BCUT2D eigenvalue weighted by molar-refractivity contribution is -0.0328. The molecule has 1 aromatic carbocycles. The monoisotopic (exact) mass is 232 g/mol. The minimum absolute atomic E-state index is 0.0752. The van der Waals surface area contributed by atoms with Crippen molar-refractivity contribution in [2.24, 2.45) is 0 Å². The van der Waals surface area contributed by atoms with Gasteiger partial charge in [0.15, 0.2) is 0 Å². The van der Waals surface area contributed by atoms with Crippen LogP contribution in [-0.2, 0) is 0 Å². The van der Waals surface area contributed by atoms with Crippen molar-refractivity contribution in [1.29, 1.82) is 0 Å². The normalized spacial score (nSPS) is 12.3. The van der Waals surface area contributed by atoms with E-state index in [2.05, 4.69) is 0 Å². The minimum Gasteiger partial charge on any atom is -0.160 e. The maximum absolute atomic E-state index is 12.2. The lowest BCUT2D eigenvalue weighted by Crippen LogP contribution is -2.00. The van der Waals surface area contributed by atoms with Crippen molar-refractivity contribution in [3.63, 3.8) is 0 Å². The summed E-state index contributed by atoms with van der Waals surface area (Å²) in [6.45, 7) is 3.64. The average molecular weight is 232 g/mol. The van der Waals surface area contributed by atoms with Crippen LogP contribution in [0.5, 0.6) is 0 Å². The van der Waals surface area contributed by atoms with E-state index in [9.17, 15) is 13.2 Å². The molecule has 0 aliphatic rings. The average Bonchev–Trinajstić information content (AvgIpc) is 2.08. The van der Waals surface area contributed by atoms with E-state index in [4.69, 9.17) is 0 Å². The van der Waals surface area contributed by atoms with Crippen LogP contribution in [-0.4, -0.2) is 5.51 Å². The predicted octanol–water partition coefficient (Wildman–Crippen LogP) is 4.64. The molecule has 4 heteroatoms. The number of allylic oxidation sites excluding steroid dienone is 1. The molecule has 0 aromatic heterocycles.